The minimum absolute atomic E-state index is 0.271. The monoisotopic (exact) mass is 443 g/mol. The summed E-state index contributed by atoms with van der Waals surface area (Å²) in [7, 11) is 0. The third kappa shape index (κ3) is 6.37. The Labute approximate surface area is 199 Å². The lowest BCUT2D eigenvalue weighted by Gasteiger charge is -2.40. The van der Waals surface area contributed by atoms with E-state index in [9.17, 15) is 0 Å². The maximum absolute atomic E-state index is 6.16. The zero-order chi connectivity index (χ0) is 22.9. The average Bonchev–Trinajstić information content (AvgIpc) is 3.65. The fourth-order valence-electron chi connectivity index (χ4n) is 4.59. The zero-order valence-corrected chi connectivity index (χ0v) is 19.9. The molecule has 0 aromatic heterocycles. The number of hydrogen-bond acceptors (Lipinski definition) is 4. The third-order valence-corrected chi connectivity index (χ3v) is 6.75. The second-order valence-corrected chi connectivity index (χ2v) is 9.08. The van der Waals surface area contributed by atoms with Gasteiger partial charge in [0.25, 0.3) is 0 Å². The van der Waals surface area contributed by atoms with Crippen molar-refractivity contribution in [2.75, 3.05) is 32.7 Å². The lowest BCUT2D eigenvalue weighted by molar-refractivity contribution is 0.0811. The van der Waals surface area contributed by atoms with Crippen molar-refractivity contribution in [1.82, 2.24) is 15.1 Å². The van der Waals surface area contributed by atoms with E-state index in [-0.39, 0.29) is 5.54 Å². The molecule has 2 fully saturated rings. The van der Waals surface area contributed by atoms with Gasteiger partial charge in [-0.3, -0.25) is 9.80 Å². The molecule has 2 aromatic rings. The number of ether oxygens (including phenoxy) is 1. The number of nitrogens with one attached hydrogen (secondary N) is 1. The summed E-state index contributed by atoms with van der Waals surface area (Å²) in [6.07, 6.45) is 8.44. The molecule has 1 aliphatic heterocycles. The number of rotatable bonds is 11. The molecule has 174 valence electrons. The van der Waals surface area contributed by atoms with E-state index in [0.29, 0.717) is 6.61 Å². The van der Waals surface area contributed by atoms with Crippen molar-refractivity contribution in [2.24, 2.45) is 0 Å². The van der Waals surface area contributed by atoms with E-state index >= 15 is 0 Å². The summed E-state index contributed by atoms with van der Waals surface area (Å²) in [5.41, 5.74) is 3.81. The highest BCUT2D eigenvalue weighted by Crippen LogP contribution is 2.42. The molecule has 4 rings (SSSR count). The van der Waals surface area contributed by atoms with Crippen LogP contribution < -0.4 is 5.32 Å². The van der Waals surface area contributed by atoms with Crippen LogP contribution in [0, 0.1) is 0 Å². The molecule has 0 unspecified atom stereocenters. The summed E-state index contributed by atoms with van der Waals surface area (Å²) in [6.45, 7) is 13.1. The molecule has 1 heterocycles. The molecule has 1 N–H and O–H groups in total. The van der Waals surface area contributed by atoms with Crippen LogP contribution in [0.5, 0.6) is 0 Å². The van der Waals surface area contributed by atoms with Gasteiger partial charge in [-0.1, -0.05) is 73.3 Å². The lowest BCUT2D eigenvalue weighted by Crippen LogP contribution is -2.54. The summed E-state index contributed by atoms with van der Waals surface area (Å²) >= 11 is 0. The van der Waals surface area contributed by atoms with Crippen LogP contribution in [0.3, 0.4) is 0 Å². The molecule has 1 aliphatic carbocycles. The van der Waals surface area contributed by atoms with Crippen molar-refractivity contribution in [3.63, 3.8) is 0 Å². The summed E-state index contributed by atoms with van der Waals surface area (Å²) in [5, 5.41) is 3.67. The molecule has 4 heteroatoms. The van der Waals surface area contributed by atoms with Crippen molar-refractivity contribution < 1.29 is 4.74 Å². The van der Waals surface area contributed by atoms with Gasteiger partial charge in [0, 0.05) is 44.8 Å². The summed E-state index contributed by atoms with van der Waals surface area (Å²) in [6, 6.07) is 21.1. The fourth-order valence-corrected chi connectivity index (χ4v) is 4.59. The Hall–Kier alpha value is -2.82. The Kier molecular flexibility index (Phi) is 8.03. The summed E-state index contributed by atoms with van der Waals surface area (Å²) < 4.78 is 6.16. The van der Waals surface area contributed by atoms with Crippen molar-refractivity contribution in [3.05, 3.63) is 108 Å². The van der Waals surface area contributed by atoms with Crippen molar-refractivity contribution >= 4 is 0 Å². The van der Waals surface area contributed by atoms with Crippen LogP contribution in [0.15, 0.2) is 96.9 Å². The van der Waals surface area contributed by atoms with Crippen LogP contribution in [0.2, 0.25) is 0 Å². The molecule has 0 amide bonds. The van der Waals surface area contributed by atoms with Gasteiger partial charge in [-0.2, -0.15) is 0 Å². The Bertz CT molecular complexity index is 939. The number of piperazine rings is 1. The number of benzene rings is 2. The van der Waals surface area contributed by atoms with Crippen LogP contribution in [0.4, 0.5) is 0 Å². The van der Waals surface area contributed by atoms with Gasteiger partial charge in [-0.05, 0) is 43.0 Å². The number of allylic oxidation sites excluding steroid dienone is 3. The van der Waals surface area contributed by atoms with Crippen LogP contribution in [-0.2, 0) is 17.9 Å². The molecule has 2 aromatic carbocycles. The van der Waals surface area contributed by atoms with Crippen molar-refractivity contribution in [2.45, 2.75) is 38.5 Å². The maximum atomic E-state index is 6.16. The minimum atomic E-state index is 0.271. The van der Waals surface area contributed by atoms with Crippen LogP contribution in [0.1, 0.15) is 30.9 Å². The first-order valence-electron chi connectivity index (χ1n) is 12.1. The number of hydrogen-bond donors (Lipinski definition) is 1. The molecular formula is C29H37N3O. The quantitative estimate of drug-likeness (QED) is 0.385. The van der Waals surface area contributed by atoms with E-state index in [1.165, 1.54) is 18.4 Å². The van der Waals surface area contributed by atoms with E-state index in [1.807, 2.05) is 43.4 Å². The highest BCUT2D eigenvalue weighted by molar-refractivity contribution is 5.28. The molecule has 0 spiro atoms. The summed E-state index contributed by atoms with van der Waals surface area (Å²) in [4.78, 5) is 5.27. The Morgan fingerprint density at radius 3 is 2.18 bits per heavy atom. The smallest absolute Gasteiger partial charge is 0.142 e. The van der Waals surface area contributed by atoms with Gasteiger partial charge in [0.15, 0.2) is 0 Å². The van der Waals surface area contributed by atoms with Gasteiger partial charge in [-0.25, -0.2) is 0 Å². The van der Waals surface area contributed by atoms with Crippen LogP contribution in [-0.4, -0.2) is 48.1 Å². The highest BCUT2D eigenvalue weighted by Gasteiger charge is 2.48. The van der Waals surface area contributed by atoms with E-state index < -0.39 is 0 Å². The minimum Gasteiger partial charge on any atom is -0.487 e. The topological polar surface area (TPSA) is 27.7 Å². The standard InChI is InChI=1S/C29H37N3O/c1-3-11-28(33-23-26-14-9-6-10-15-26)27(4-2)30-24-29(16-17-29)32-20-18-31(19-21-32)22-25-12-7-5-8-13-25/h3-15,30H,2,16-24H2,1H3/b11-3-,28-27-. The van der Waals surface area contributed by atoms with Crippen LogP contribution in [0.25, 0.3) is 0 Å². The molecule has 33 heavy (non-hydrogen) atoms. The normalized spacial score (nSPS) is 19.2. The highest BCUT2D eigenvalue weighted by atomic mass is 16.5. The second kappa shape index (κ2) is 11.4. The first kappa shape index (κ1) is 23.3. The molecule has 4 nitrogen and oxygen atoms in total. The largest absolute Gasteiger partial charge is 0.487 e. The van der Waals surface area contributed by atoms with E-state index in [1.54, 1.807) is 0 Å². The molecular weight excluding hydrogens is 406 g/mol. The van der Waals surface area contributed by atoms with Crippen molar-refractivity contribution in [1.29, 1.82) is 0 Å². The Morgan fingerprint density at radius 1 is 0.970 bits per heavy atom. The molecule has 1 saturated heterocycles. The average molecular weight is 444 g/mol. The van der Waals surface area contributed by atoms with Gasteiger partial charge in [0.05, 0.1) is 5.70 Å². The van der Waals surface area contributed by atoms with Gasteiger partial charge in [-0.15, -0.1) is 0 Å². The van der Waals surface area contributed by atoms with Gasteiger partial charge >= 0.3 is 0 Å². The van der Waals surface area contributed by atoms with Crippen molar-refractivity contribution in [3.8, 4) is 0 Å². The maximum Gasteiger partial charge on any atom is 0.142 e. The summed E-state index contributed by atoms with van der Waals surface area (Å²) in [5.74, 6) is 0.847. The Balaban J connectivity index is 1.32. The Morgan fingerprint density at radius 2 is 1.61 bits per heavy atom. The molecule has 0 radical (unpaired) electrons. The van der Waals surface area contributed by atoms with Gasteiger partial charge < -0.3 is 10.1 Å². The van der Waals surface area contributed by atoms with E-state index in [2.05, 4.69) is 64.2 Å². The molecule has 0 bridgehead atoms. The van der Waals surface area contributed by atoms with Crippen LogP contribution >= 0.6 is 0 Å². The fraction of sp³-hybridized carbons (Fsp3) is 0.379. The predicted octanol–water partition coefficient (Wildman–Crippen LogP) is 5.12. The van der Waals surface area contributed by atoms with Gasteiger partial charge in [0.2, 0.25) is 0 Å². The first-order chi connectivity index (χ1) is 16.2. The molecule has 1 saturated carbocycles. The lowest BCUT2D eigenvalue weighted by atomic mass is 10.1. The molecule has 2 aliphatic rings. The van der Waals surface area contributed by atoms with E-state index in [0.717, 1.165) is 56.3 Å². The van der Waals surface area contributed by atoms with Gasteiger partial charge in [0.1, 0.15) is 12.4 Å². The first-order valence-corrected chi connectivity index (χ1v) is 12.1. The number of nitrogens with zero attached hydrogens (tertiary/aromatic N) is 2. The molecule has 0 atom stereocenters. The predicted molar refractivity (Wildman–Crippen MR) is 137 cm³/mol. The van der Waals surface area contributed by atoms with E-state index in [4.69, 9.17) is 4.74 Å². The third-order valence-electron chi connectivity index (χ3n) is 6.75. The second-order valence-electron chi connectivity index (χ2n) is 9.08. The SMILES string of the molecule is C=C/C(NCC1(N2CCN(Cc3ccccc3)CC2)CC1)=C(\C=C/C)OCc1ccccc1. The zero-order valence-electron chi connectivity index (χ0n) is 19.9.